The van der Waals surface area contributed by atoms with Crippen LogP contribution in [0.4, 0.5) is 0 Å². The fraction of sp³-hybridized carbons (Fsp3) is 0.200. The monoisotopic (exact) mass is 387 g/mol. The summed E-state index contributed by atoms with van der Waals surface area (Å²) >= 11 is 0. The van der Waals surface area contributed by atoms with Crippen molar-refractivity contribution in [2.45, 2.75) is 11.0 Å². The molecular formula is C20H21NO5S. The average Bonchev–Trinajstić information content (AvgIpc) is 2.71. The van der Waals surface area contributed by atoms with Crippen LogP contribution >= 0.6 is 0 Å². The van der Waals surface area contributed by atoms with Crippen LogP contribution in [-0.2, 0) is 10.0 Å². The molecular weight excluding hydrogens is 366 g/mol. The Labute approximate surface area is 158 Å². The van der Waals surface area contributed by atoms with E-state index in [-0.39, 0.29) is 11.4 Å². The Morgan fingerprint density at radius 1 is 0.963 bits per heavy atom. The lowest BCUT2D eigenvalue weighted by Crippen LogP contribution is -2.28. The number of ether oxygens (including phenoxy) is 2. The van der Waals surface area contributed by atoms with Crippen LogP contribution < -0.4 is 14.2 Å². The fourth-order valence-corrected chi connectivity index (χ4v) is 4.14. The van der Waals surface area contributed by atoms with Crippen LogP contribution in [-0.4, -0.2) is 34.3 Å². The molecule has 27 heavy (non-hydrogen) atoms. The van der Waals surface area contributed by atoms with E-state index < -0.39 is 16.1 Å². The third-order valence-corrected chi connectivity index (χ3v) is 5.78. The van der Waals surface area contributed by atoms with Gasteiger partial charge in [0.2, 0.25) is 10.0 Å². The molecule has 2 N–H and O–H groups in total. The Kier molecular flexibility index (Phi) is 5.65. The predicted molar refractivity (Wildman–Crippen MR) is 104 cm³/mol. The van der Waals surface area contributed by atoms with E-state index in [1.807, 2.05) is 18.2 Å². The summed E-state index contributed by atoms with van der Waals surface area (Å²) in [6, 6.07) is 17.3. The summed E-state index contributed by atoms with van der Waals surface area (Å²) in [6.07, 6.45) is -1.03. The highest BCUT2D eigenvalue weighted by molar-refractivity contribution is 7.89. The standard InChI is InChI=1S/C20H21NO5S/c1-25-18-11-10-15(12-19(18)26-2)17(22)13-21-27(23,24)20-9-5-7-14-6-3-4-8-16(14)20/h3-12,17,21-22H,13H2,1-2H3. The summed E-state index contributed by atoms with van der Waals surface area (Å²) in [6.45, 7) is -0.166. The molecule has 0 heterocycles. The topological polar surface area (TPSA) is 84.9 Å². The number of fused-ring (bicyclic) bond motifs is 1. The van der Waals surface area contributed by atoms with Crippen LogP contribution in [0.15, 0.2) is 65.6 Å². The van der Waals surface area contributed by atoms with Gasteiger partial charge in [-0.15, -0.1) is 0 Å². The van der Waals surface area contributed by atoms with Crippen molar-refractivity contribution in [1.29, 1.82) is 0 Å². The number of sulfonamides is 1. The van der Waals surface area contributed by atoms with E-state index in [0.717, 1.165) is 5.39 Å². The summed E-state index contributed by atoms with van der Waals surface area (Å²) in [7, 11) is -0.767. The third-order valence-electron chi connectivity index (χ3n) is 4.30. The number of hydrogen-bond donors (Lipinski definition) is 2. The number of rotatable bonds is 7. The van der Waals surface area contributed by atoms with Gasteiger partial charge in [-0.05, 0) is 29.1 Å². The maximum Gasteiger partial charge on any atom is 0.241 e. The molecule has 0 aliphatic carbocycles. The van der Waals surface area contributed by atoms with E-state index in [1.54, 1.807) is 42.5 Å². The molecule has 3 aromatic rings. The van der Waals surface area contributed by atoms with Gasteiger partial charge in [0.1, 0.15) is 0 Å². The van der Waals surface area contributed by atoms with Crippen LogP contribution in [0, 0.1) is 0 Å². The molecule has 0 spiro atoms. The van der Waals surface area contributed by atoms with E-state index in [2.05, 4.69) is 4.72 Å². The van der Waals surface area contributed by atoms with Crippen molar-refractivity contribution >= 4 is 20.8 Å². The van der Waals surface area contributed by atoms with Crippen molar-refractivity contribution in [3.63, 3.8) is 0 Å². The second-order valence-corrected chi connectivity index (χ2v) is 7.69. The van der Waals surface area contributed by atoms with E-state index in [4.69, 9.17) is 9.47 Å². The zero-order valence-corrected chi connectivity index (χ0v) is 15.9. The second kappa shape index (κ2) is 7.96. The summed E-state index contributed by atoms with van der Waals surface area (Å²) < 4.78 is 38.3. The lowest BCUT2D eigenvalue weighted by molar-refractivity contribution is 0.181. The average molecular weight is 387 g/mol. The molecule has 0 saturated heterocycles. The van der Waals surface area contributed by atoms with E-state index >= 15 is 0 Å². The Balaban J connectivity index is 1.81. The van der Waals surface area contributed by atoms with Crippen LogP contribution in [0.2, 0.25) is 0 Å². The highest BCUT2D eigenvalue weighted by Gasteiger charge is 2.19. The number of hydrogen-bond acceptors (Lipinski definition) is 5. The molecule has 0 aromatic heterocycles. The molecule has 3 aromatic carbocycles. The Morgan fingerprint density at radius 3 is 2.41 bits per heavy atom. The largest absolute Gasteiger partial charge is 0.493 e. The van der Waals surface area contributed by atoms with Gasteiger partial charge in [-0.2, -0.15) is 0 Å². The quantitative estimate of drug-likeness (QED) is 0.651. The summed E-state index contributed by atoms with van der Waals surface area (Å²) in [5.74, 6) is 0.996. The minimum atomic E-state index is -3.78. The number of benzene rings is 3. The highest BCUT2D eigenvalue weighted by atomic mass is 32.2. The molecule has 6 nitrogen and oxygen atoms in total. The lowest BCUT2D eigenvalue weighted by atomic mass is 10.1. The van der Waals surface area contributed by atoms with Gasteiger partial charge in [0.15, 0.2) is 11.5 Å². The first kappa shape index (κ1) is 19.2. The number of nitrogens with one attached hydrogen (secondary N) is 1. The maximum absolute atomic E-state index is 12.7. The van der Waals surface area contributed by atoms with Gasteiger partial charge >= 0.3 is 0 Å². The van der Waals surface area contributed by atoms with Gasteiger partial charge < -0.3 is 14.6 Å². The summed E-state index contributed by atoms with van der Waals surface area (Å²) in [5, 5.41) is 11.9. The van der Waals surface area contributed by atoms with Crippen molar-refractivity contribution in [1.82, 2.24) is 4.72 Å². The van der Waals surface area contributed by atoms with Crippen LogP contribution in [0.5, 0.6) is 11.5 Å². The first-order valence-corrected chi connectivity index (χ1v) is 9.82. The van der Waals surface area contributed by atoms with Crippen molar-refractivity contribution in [3.8, 4) is 11.5 Å². The van der Waals surface area contributed by atoms with Gasteiger partial charge in [0.25, 0.3) is 0 Å². The number of aliphatic hydroxyl groups is 1. The van der Waals surface area contributed by atoms with Crippen molar-refractivity contribution in [3.05, 3.63) is 66.2 Å². The molecule has 1 unspecified atom stereocenters. The summed E-state index contributed by atoms with van der Waals surface area (Å²) in [5.41, 5.74) is 0.522. The third kappa shape index (κ3) is 4.05. The molecule has 0 aliphatic heterocycles. The number of aliphatic hydroxyl groups excluding tert-OH is 1. The zero-order valence-electron chi connectivity index (χ0n) is 15.0. The number of methoxy groups -OCH3 is 2. The minimum absolute atomic E-state index is 0.166. The Morgan fingerprint density at radius 2 is 1.67 bits per heavy atom. The molecule has 3 rings (SSSR count). The van der Waals surface area contributed by atoms with Gasteiger partial charge in [-0.1, -0.05) is 42.5 Å². The van der Waals surface area contributed by atoms with Crippen LogP contribution in [0.1, 0.15) is 11.7 Å². The first-order chi connectivity index (χ1) is 13.0. The highest BCUT2D eigenvalue weighted by Crippen LogP contribution is 2.30. The van der Waals surface area contributed by atoms with Crippen LogP contribution in [0.25, 0.3) is 10.8 Å². The lowest BCUT2D eigenvalue weighted by Gasteiger charge is -2.15. The van der Waals surface area contributed by atoms with Gasteiger partial charge in [-0.25, -0.2) is 13.1 Å². The van der Waals surface area contributed by atoms with Crippen molar-refractivity contribution < 1.29 is 23.0 Å². The maximum atomic E-state index is 12.7. The minimum Gasteiger partial charge on any atom is -0.493 e. The normalized spacial score (nSPS) is 12.7. The predicted octanol–water partition coefficient (Wildman–Crippen LogP) is 2.87. The molecule has 142 valence electrons. The van der Waals surface area contributed by atoms with Gasteiger partial charge in [-0.3, -0.25) is 0 Å². The fourth-order valence-electron chi connectivity index (χ4n) is 2.87. The van der Waals surface area contributed by atoms with Gasteiger partial charge in [0, 0.05) is 11.9 Å². The molecule has 0 fully saturated rings. The molecule has 1 atom stereocenters. The zero-order chi connectivity index (χ0) is 19.4. The van der Waals surface area contributed by atoms with Crippen molar-refractivity contribution in [2.75, 3.05) is 20.8 Å². The van der Waals surface area contributed by atoms with E-state index in [9.17, 15) is 13.5 Å². The molecule has 0 aliphatic rings. The molecule has 7 heteroatoms. The van der Waals surface area contributed by atoms with Crippen molar-refractivity contribution in [2.24, 2.45) is 0 Å². The van der Waals surface area contributed by atoms with Crippen LogP contribution in [0.3, 0.4) is 0 Å². The SMILES string of the molecule is COc1ccc(C(O)CNS(=O)(=O)c2cccc3ccccc23)cc1OC. The molecule has 0 radical (unpaired) electrons. The van der Waals surface area contributed by atoms with Gasteiger partial charge in [0.05, 0.1) is 25.2 Å². The van der Waals surface area contributed by atoms with E-state index in [1.165, 1.54) is 14.2 Å². The molecule has 0 saturated carbocycles. The van der Waals surface area contributed by atoms with E-state index in [0.29, 0.717) is 22.4 Å². The second-order valence-electron chi connectivity index (χ2n) is 5.96. The Bertz CT molecular complexity index is 1040. The molecule has 0 amide bonds. The summed E-state index contributed by atoms with van der Waals surface area (Å²) in [4.78, 5) is 0.181. The Hall–Kier alpha value is -2.61. The first-order valence-electron chi connectivity index (χ1n) is 8.33. The molecule has 0 bridgehead atoms. The smallest absolute Gasteiger partial charge is 0.241 e.